The molecule has 0 spiro atoms. The van der Waals surface area contributed by atoms with E-state index >= 15 is 0 Å². The van der Waals surface area contributed by atoms with Crippen molar-refractivity contribution in [2.45, 2.75) is 18.9 Å². The summed E-state index contributed by atoms with van der Waals surface area (Å²) in [5, 5.41) is 9.15. The molecule has 0 saturated carbocycles. The van der Waals surface area contributed by atoms with Crippen LogP contribution >= 0.6 is 0 Å². The SMILES string of the molecule is O=C(/C=C/c1ccccc1)N1CCCC1CO. The van der Waals surface area contributed by atoms with Crippen LogP contribution in [0.1, 0.15) is 18.4 Å². The number of carbonyl (C=O) groups excluding carboxylic acids is 1. The molecule has 1 amide bonds. The van der Waals surface area contributed by atoms with Crippen molar-refractivity contribution in [3.8, 4) is 0 Å². The molecule has 90 valence electrons. The van der Waals surface area contributed by atoms with Crippen LogP contribution < -0.4 is 0 Å². The van der Waals surface area contributed by atoms with Gasteiger partial charge in [-0.1, -0.05) is 30.3 Å². The van der Waals surface area contributed by atoms with Gasteiger partial charge in [-0.05, 0) is 24.5 Å². The van der Waals surface area contributed by atoms with Crippen LogP contribution in [-0.4, -0.2) is 35.1 Å². The van der Waals surface area contributed by atoms with Crippen LogP contribution in [-0.2, 0) is 4.79 Å². The minimum atomic E-state index is -0.00889. The van der Waals surface area contributed by atoms with E-state index in [-0.39, 0.29) is 18.6 Å². The molecule has 1 aromatic rings. The van der Waals surface area contributed by atoms with E-state index in [2.05, 4.69) is 0 Å². The maximum Gasteiger partial charge on any atom is 0.246 e. The van der Waals surface area contributed by atoms with Gasteiger partial charge in [-0.2, -0.15) is 0 Å². The van der Waals surface area contributed by atoms with Gasteiger partial charge in [0.15, 0.2) is 0 Å². The molecule has 2 rings (SSSR count). The molecule has 3 nitrogen and oxygen atoms in total. The van der Waals surface area contributed by atoms with E-state index in [0.29, 0.717) is 0 Å². The van der Waals surface area contributed by atoms with E-state index < -0.39 is 0 Å². The molecule has 1 aromatic carbocycles. The fraction of sp³-hybridized carbons (Fsp3) is 0.357. The smallest absolute Gasteiger partial charge is 0.246 e. The van der Waals surface area contributed by atoms with Crippen LogP contribution in [0.25, 0.3) is 6.08 Å². The minimum Gasteiger partial charge on any atom is -0.394 e. The molecule has 1 saturated heterocycles. The van der Waals surface area contributed by atoms with Crippen LogP contribution in [0.3, 0.4) is 0 Å². The Bertz CT molecular complexity index is 400. The third-order valence-corrected chi connectivity index (χ3v) is 3.09. The van der Waals surface area contributed by atoms with Gasteiger partial charge in [-0.15, -0.1) is 0 Å². The first-order valence-corrected chi connectivity index (χ1v) is 5.96. The summed E-state index contributed by atoms with van der Waals surface area (Å²) >= 11 is 0. The Morgan fingerprint density at radius 3 is 2.88 bits per heavy atom. The Labute approximate surface area is 101 Å². The number of hydrogen-bond donors (Lipinski definition) is 1. The lowest BCUT2D eigenvalue weighted by Crippen LogP contribution is -2.36. The zero-order valence-electron chi connectivity index (χ0n) is 9.75. The first kappa shape index (κ1) is 11.9. The highest BCUT2D eigenvalue weighted by atomic mass is 16.3. The normalized spacial score (nSPS) is 20.1. The fourth-order valence-corrected chi connectivity index (χ4v) is 2.14. The van der Waals surface area contributed by atoms with Crippen LogP contribution in [0.4, 0.5) is 0 Å². The van der Waals surface area contributed by atoms with Crippen LogP contribution in [0.5, 0.6) is 0 Å². The second-order valence-corrected chi connectivity index (χ2v) is 4.25. The van der Waals surface area contributed by atoms with E-state index in [4.69, 9.17) is 5.11 Å². The van der Waals surface area contributed by atoms with E-state index in [1.807, 2.05) is 36.4 Å². The van der Waals surface area contributed by atoms with Crippen molar-refractivity contribution in [1.82, 2.24) is 4.90 Å². The molecule has 1 aliphatic heterocycles. The second kappa shape index (κ2) is 5.64. The monoisotopic (exact) mass is 231 g/mol. The van der Waals surface area contributed by atoms with Crippen molar-refractivity contribution >= 4 is 12.0 Å². The topological polar surface area (TPSA) is 40.5 Å². The van der Waals surface area contributed by atoms with Gasteiger partial charge in [-0.3, -0.25) is 4.79 Å². The quantitative estimate of drug-likeness (QED) is 0.804. The fourth-order valence-electron chi connectivity index (χ4n) is 2.14. The predicted molar refractivity (Wildman–Crippen MR) is 67.3 cm³/mol. The molecule has 17 heavy (non-hydrogen) atoms. The molecule has 1 unspecified atom stereocenters. The van der Waals surface area contributed by atoms with E-state index in [9.17, 15) is 4.79 Å². The highest BCUT2D eigenvalue weighted by Crippen LogP contribution is 2.17. The lowest BCUT2D eigenvalue weighted by Gasteiger charge is -2.21. The minimum absolute atomic E-state index is 0.00271. The van der Waals surface area contributed by atoms with Crippen molar-refractivity contribution in [3.05, 3.63) is 42.0 Å². The number of benzene rings is 1. The molecule has 1 heterocycles. The lowest BCUT2D eigenvalue weighted by molar-refractivity contribution is -0.127. The van der Waals surface area contributed by atoms with Crippen LogP contribution in [0.15, 0.2) is 36.4 Å². The number of likely N-dealkylation sites (tertiary alicyclic amines) is 1. The highest BCUT2D eigenvalue weighted by molar-refractivity contribution is 5.92. The van der Waals surface area contributed by atoms with Gasteiger partial charge in [0, 0.05) is 12.6 Å². The van der Waals surface area contributed by atoms with Crippen molar-refractivity contribution in [3.63, 3.8) is 0 Å². The number of carbonyl (C=O) groups is 1. The van der Waals surface area contributed by atoms with E-state index in [1.54, 1.807) is 11.0 Å². The largest absolute Gasteiger partial charge is 0.394 e. The molecule has 1 aliphatic rings. The number of aliphatic hydroxyl groups excluding tert-OH is 1. The Kier molecular flexibility index (Phi) is 3.94. The molecular weight excluding hydrogens is 214 g/mol. The summed E-state index contributed by atoms with van der Waals surface area (Å²) in [6.07, 6.45) is 5.29. The Morgan fingerprint density at radius 1 is 1.41 bits per heavy atom. The summed E-state index contributed by atoms with van der Waals surface area (Å²) < 4.78 is 0. The summed E-state index contributed by atoms with van der Waals surface area (Å²) in [7, 11) is 0. The number of rotatable bonds is 3. The Hall–Kier alpha value is -1.61. The van der Waals surface area contributed by atoms with Gasteiger partial charge in [0.05, 0.1) is 12.6 Å². The van der Waals surface area contributed by atoms with Gasteiger partial charge >= 0.3 is 0 Å². The maximum atomic E-state index is 11.9. The van der Waals surface area contributed by atoms with Crippen molar-refractivity contribution in [2.24, 2.45) is 0 Å². The van der Waals surface area contributed by atoms with Crippen molar-refractivity contribution in [2.75, 3.05) is 13.2 Å². The van der Waals surface area contributed by atoms with Gasteiger partial charge in [0.2, 0.25) is 5.91 Å². The molecular formula is C14H17NO2. The molecule has 1 atom stereocenters. The van der Waals surface area contributed by atoms with Crippen molar-refractivity contribution in [1.29, 1.82) is 0 Å². The number of hydrogen-bond acceptors (Lipinski definition) is 2. The standard InChI is InChI=1S/C14H17NO2/c16-11-13-7-4-10-15(13)14(17)9-8-12-5-2-1-3-6-12/h1-3,5-6,8-9,13,16H,4,7,10-11H2/b9-8+. The molecule has 1 N–H and O–H groups in total. The summed E-state index contributed by atoms with van der Waals surface area (Å²) in [5.41, 5.74) is 1.01. The van der Waals surface area contributed by atoms with E-state index in [1.165, 1.54) is 0 Å². The molecule has 3 heteroatoms. The first-order chi connectivity index (χ1) is 8.31. The molecule has 1 fully saturated rings. The number of aliphatic hydroxyl groups is 1. The molecule has 0 bridgehead atoms. The summed E-state index contributed by atoms with van der Waals surface area (Å²) in [6.45, 7) is 0.814. The van der Waals surface area contributed by atoms with Crippen LogP contribution in [0, 0.1) is 0 Å². The van der Waals surface area contributed by atoms with Gasteiger partial charge in [-0.25, -0.2) is 0 Å². The van der Waals surface area contributed by atoms with Gasteiger partial charge in [0.1, 0.15) is 0 Å². The summed E-state index contributed by atoms with van der Waals surface area (Å²) in [4.78, 5) is 13.7. The van der Waals surface area contributed by atoms with Crippen LogP contribution in [0.2, 0.25) is 0 Å². The molecule has 0 aliphatic carbocycles. The van der Waals surface area contributed by atoms with Gasteiger partial charge in [0.25, 0.3) is 0 Å². The number of amides is 1. The Morgan fingerprint density at radius 2 is 2.18 bits per heavy atom. The maximum absolute atomic E-state index is 11.9. The predicted octanol–water partition coefficient (Wildman–Crippen LogP) is 1.68. The van der Waals surface area contributed by atoms with E-state index in [0.717, 1.165) is 24.9 Å². The zero-order valence-corrected chi connectivity index (χ0v) is 9.75. The summed E-state index contributed by atoms with van der Waals surface area (Å²) in [6, 6.07) is 9.74. The summed E-state index contributed by atoms with van der Waals surface area (Å²) in [5.74, 6) is -0.00889. The molecule has 0 radical (unpaired) electrons. The third kappa shape index (κ3) is 2.94. The average molecular weight is 231 g/mol. The molecule has 0 aromatic heterocycles. The lowest BCUT2D eigenvalue weighted by atomic mass is 10.2. The van der Waals surface area contributed by atoms with Crippen molar-refractivity contribution < 1.29 is 9.90 Å². The third-order valence-electron chi connectivity index (χ3n) is 3.09. The zero-order chi connectivity index (χ0) is 12.1. The number of nitrogens with zero attached hydrogens (tertiary/aromatic N) is 1. The highest BCUT2D eigenvalue weighted by Gasteiger charge is 2.26. The average Bonchev–Trinajstić information content (AvgIpc) is 2.85. The first-order valence-electron chi connectivity index (χ1n) is 5.96. The van der Waals surface area contributed by atoms with Gasteiger partial charge < -0.3 is 10.0 Å². The second-order valence-electron chi connectivity index (χ2n) is 4.25. The Balaban J connectivity index is 1.99.